The van der Waals surface area contributed by atoms with Gasteiger partial charge in [-0.1, -0.05) is 152 Å². The van der Waals surface area contributed by atoms with Crippen molar-refractivity contribution < 1.29 is 0 Å². The highest BCUT2D eigenvalue weighted by atomic mass is 32.1. The number of fused-ring (bicyclic) bond motifs is 14. The van der Waals surface area contributed by atoms with Crippen LogP contribution in [-0.4, -0.2) is 4.57 Å². The Kier molecular flexibility index (Phi) is 7.85. The minimum absolute atomic E-state index is 1.17. The first-order valence-electron chi connectivity index (χ1n) is 21.3. The smallest absolute Gasteiger partial charge is 0.0541 e. The van der Waals surface area contributed by atoms with Gasteiger partial charge in [-0.3, -0.25) is 0 Å². The summed E-state index contributed by atoms with van der Waals surface area (Å²) in [6, 6.07) is 83.4. The molecule has 0 saturated carbocycles. The Hall–Kier alpha value is -7.78. The summed E-state index contributed by atoms with van der Waals surface area (Å²) in [6.07, 6.45) is 0. The van der Waals surface area contributed by atoms with Crippen LogP contribution in [0.3, 0.4) is 0 Å². The fourth-order valence-electron chi connectivity index (χ4n) is 10.1. The third-order valence-corrected chi connectivity index (χ3v) is 14.1. The van der Waals surface area contributed by atoms with Crippen molar-refractivity contribution in [3.05, 3.63) is 224 Å². The molecule has 0 bridgehead atoms. The van der Waals surface area contributed by atoms with Crippen molar-refractivity contribution in [2.24, 2.45) is 0 Å². The normalized spacial score (nSPS) is 11.9. The van der Waals surface area contributed by atoms with Crippen molar-refractivity contribution >= 4 is 53.3 Å². The Morgan fingerprint density at radius 2 is 0.677 bits per heavy atom. The zero-order chi connectivity index (χ0) is 40.7. The van der Waals surface area contributed by atoms with Crippen molar-refractivity contribution in [1.29, 1.82) is 0 Å². The minimum atomic E-state index is 1.17. The topological polar surface area (TPSA) is 4.93 Å². The molecule has 2 heteroatoms. The first kappa shape index (κ1) is 35.0. The number of hydrogen-bond donors (Lipinski definition) is 0. The first-order valence-corrected chi connectivity index (χ1v) is 22.1. The van der Waals surface area contributed by atoms with Gasteiger partial charge in [-0.2, -0.15) is 0 Å². The molecule has 13 rings (SSSR count). The molecule has 0 radical (unpaired) electrons. The SMILES string of the molecule is c1ccc(-n2c3ccccc3c3cc(-c4cc(-c5ccc6c(c5)-c5ccccc5-c5ccccc5-c5ccccc5-6)cc(-c5ccc6sc7ccccc7c6c5)c4)ccc32)cc1. The van der Waals surface area contributed by atoms with Crippen LogP contribution >= 0.6 is 11.3 Å². The lowest BCUT2D eigenvalue weighted by atomic mass is 9.80. The van der Waals surface area contributed by atoms with Crippen LogP contribution < -0.4 is 0 Å². The minimum Gasteiger partial charge on any atom is -0.309 e. The Bertz CT molecular complexity index is 3750. The predicted molar refractivity (Wildman–Crippen MR) is 265 cm³/mol. The highest BCUT2D eigenvalue weighted by Crippen LogP contribution is 2.49. The van der Waals surface area contributed by atoms with Crippen LogP contribution in [0.15, 0.2) is 224 Å². The molecule has 1 aliphatic rings. The number of thiophene rings is 1. The number of aromatic nitrogens is 1. The lowest BCUT2D eigenvalue weighted by Crippen LogP contribution is -1.97. The van der Waals surface area contributed by atoms with E-state index in [0.717, 1.165) is 0 Å². The van der Waals surface area contributed by atoms with Crippen LogP contribution in [0, 0.1) is 0 Å². The largest absolute Gasteiger partial charge is 0.309 e. The van der Waals surface area contributed by atoms with E-state index < -0.39 is 0 Å². The van der Waals surface area contributed by atoms with Gasteiger partial charge in [0.2, 0.25) is 0 Å². The fraction of sp³-hybridized carbons (Fsp3) is 0. The molecule has 0 N–H and O–H groups in total. The lowest BCUT2D eigenvalue weighted by molar-refractivity contribution is 1.18. The maximum Gasteiger partial charge on any atom is 0.0541 e. The quantitative estimate of drug-likeness (QED) is 0.167. The molecular formula is C60H37NS. The van der Waals surface area contributed by atoms with Crippen molar-refractivity contribution in [1.82, 2.24) is 4.57 Å². The average molecular weight is 804 g/mol. The number of rotatable bonds is 4. The fourth-order valence-corrected chi connectivity index (χ4v) is 11.2. The van der Waals surface area contributed by atoms with E-state index in [4.69, 9.17) is 0 Å². The maximum atomic E-state index is 2.44. The lowest BCUT2D eigenvalue weighted by Gasteiger charge is -2.23. The molecule has 1 nitrogen and oxygen atoms in total. The van der Waals surface area contributed by atoms with Gasteiger partial charge in [-0.15, -0.1) is 11.3 Å². The van der Waals surface area contributed by atoms with Gasteiger partial charge in [0.1, 0.15) is 0 Å². The highest BCUT2D eigenvalue weighted by Gasteiger charge is 2.23. The summed E-state index contributed by atoms with van der Waals surface area (Å²) in [5, 5.41) is 5.12. The van der Waals surface area contributed by atoms with Gasteiger partial charge < -0.3 is 4.57 Å². The van der Waals surface area contributed by atoms with Crippen molar-refractivity contribution in [3.8, 4) is 83.6 Å². The van der Waals surface area contributed by atoms with Crippen LogP contribution in [0.4, 0.5) is 0 Å². The van der Waals surface area contributed by atoms with Gasteiger partial charge in [-0.05, 0) is 151 Å². The van der Waals surface area contributed by atoms with E-state index in [0.29, 0.717) is 0 Å². The number of benzene rings is 10. The third kappa shape index (κ3) is 5.47. The molecule has 12 aromatic rings. The predicted octanol–water partition coefficient (Wildman–Crippen LogP) is 17.1. The van der Waals surface area contributed by atoms with Crippen molar-refractivity contribution in [2.45, 2.75) is 0 Å². The van der Waals surface area contributed by atoms with Crippen LogP contribution in [-0.2, 0) is 0 Å². The van der Waals surface area contributed by atoms with Crippen LogP contribution in [0.1, 0.15) is 0 Å². The maximum absolute atomic E-state index is 2.44. The Morgan fingerprint density at radius 3 is 1.32 bits per heavy atom. The van der Waals surface area contributed by atoms with E-state index in [-0.39, 0.29) is 0 Å². The molecular weight excluding hydrogens is 767 g/mol. The Morgan fingerprint density at radius 1 is 0.242 bits per heavy atom. The molecule has 0 amide bonds. The van der Waals surface area contributed by atoms with Crippen LogP contribution in [0.25, 0.3) is 126 Å². The number of para-hydroxylation sites is 2. The number of hydrogen-bond acceptors (Lipinski definition) is 1. The van der Waals surface area contributed by atoms with E-state index >= 15 is 0 Å². The zero-order valence-electron chi connectivity index (χ0n) is 33.7. The van der Waals surface area contributed by atoms with Crippen molar-refractivity contribution in [3.63, 3.8) is 0 Å². The first-order chi connectivity index (χ1) is 30.7. The molecule has 1 aliphatic carbocycles. The highest BCUT2D eigenvalue weighted by molar-refractivity contribution is 7.25. The summed E-state index contributed by atoms with van der Waals surface area (Å²) >= 11 is 1.87. The molecule has 0 saturated heterocycles. The summed E-state index contributed by atoms with van der Waals surface area (Å²) in [4.78, 5) is 0. The van der Waals surface area contributed by atoms with E-state index in [9.17, 15) is 0 Å². The summed E-state index contributed by atoms with van der Waals surface area (Å²) in [5.41, 5.74) is 20.8. The monoisotopic (exact) mass is 803 g/mol. The molecule has 2 aromatic heterocycles. The van der Waals surface area contributed by atoms with E-state index in [1.165, 1.54) is 126 Å². The number of nitrogens with zero attached hydrogens (tertiary/aromatic N) is 1. The van der Waals surface area contributed by atoms with Gasteiger partial charge in [-0.25, -0.2) is 0 Å². The van der Waals surface area contributed by atoms with Gasteiger partial charge in [0.15, 0.2) is 0 Å². The molecule has 0 spiro atoms. The molecule has 0 unspecified atom stereocenters. The van der Waals surface area contributed by atoms with E-state index in [1.807, 2.05) is 11.3 Å². The Labute approximate surface area is 364 Å². The average Bonchev–Trinajstić information content (AvgIpc) is 3.89. The van der Waals surface area contributed by atoms with Gasteiger partial charge >= 0.3 is 0 Å². The van der Waals surface area contributed by atoms with E-state index in [1.54, 1.807) is 0 Å². The van der Waals surface area contributed by atoms with Crippen LogP contribution in [0.5, 0.6) is 0 Å². The van der Waals surface area contributed by atoms with Gasteiger partial charge in [0.05, 0.1) is 11.0 Å². The van der Waals surface area contributed by atoms with E-state index in [2.05, 4.69) is 229 Å². The molecule has 10 aromatic carbocycles. The second-order valence-corrected chi connectivity index (χ2v) is 17.5. The van der Waals surface area contributed by atoms with Gasteiger partial charge in [0, 0.05) is 36.6 Å². The summed E-state index contributed by atoms with van der Waals surface area (Å²) in [7, 11) is 0. The van der Waals surface area contributed by atoms with Crippen LogP contribution in [0.2, 0.25) is 0 Å². The standard InChI is InChI=1S/C60H37NS/c1-2-14-44(15-3-1)61-57-24-12-10-22-52(57)55-36-39(27-30-58(55)61)42-32-41(33-43(34-42)40-28-31-60-56(37-40)53-23-11-13-25-59(53)62-60)38-26-29-51-49-20-7-6-18-47(49)45-16-4-5-17-46(45)48-19-8-9-21-50(48)54(51)35-38/h1-37H. The molecule has 0 atom stereocenters. The molecule has 2 heterocycles. The third-order valence-electron chi connectivity index (χ3n) is 13.0. The summed E-state index contributed by atoms with van der Waals surface area (Å²) < 4.78 is 5.03. The summed E-state index contributed by atoms with van der Waals surface area (Å²) in [6.45, 7) is 0. The zero-order valence-corrected chi connectivity index (χ0v) is 34.5. The molecule has 288 valence electrons. The Balaban J connectivity index is 1.05. The second-order valence-electron chi connectivity index (χ2n) is 16.4. The second kappa shape index (κ2) is 13.9. The molecule has 0 aliphatic heterocycles. The summed E-state index contributed by atoms with van der Waals surface area (Å²) in [5.74, 6) is 0. The van der Waals surface area contributed by atoms with Crippen molar-refractivity contribution in [2.75, 3.05) is 0 Å². The molecule has 0 fully saturated rings. The molecule has 62 heavy (non-hydrogen) atoms. The van der Waals surface area contributed by atoms with Gasteiger partial charge in [0.25, 0.3) is 0 Å².